The number of aryl methyl sites for hydroxylation is 1. The number of aromatic amines is 1. The Morgan fingerprint density at radius 3 is 2.33 bits per heavy atom. The van der Waals surface area contributed by atoms with Crippen molar-refractivity contribution >= 4 is 11.8 Å². The minimum atomic E-state index is -0.473. The summed E-state index contributed by atoms with van der Waals surface area (Å²) in [5.41, 5.74) is 0.162. The van der Waals surface area contributed by atoms with Crippen LogP contribution < -0.4 is 0 Å². The summed E-state index contributed by atoms with van der Waals surface area (Å²) < 4.78 is 5.21. The van der Waals surface area contributed by atoms with E-state index in [0.717, 1.165) is 25.9 Å². The van der Waals surface area contributed by atoms with Crippen LogP contribution in [-0.2, 0) is 4.74 Å². The van der Waals surface area contributed by atoms with Gasteiger partial charge >= 0.3 is 11.8 Å². The van der Waals surface area contributed by atoms with Crippen LogP contribution in [0.5, 0.6) is 0 Å². The van der Waals surface area contributed by atoms with Crippen LogP contribution in [0, 0.1) is 17.0 Å². The molecule has 1 saturated heterocycles. The van der Waals surface area contributed by atoms with E-state index in [-0.39, 0.29) is 17.4 Å². The third kappa shape index (κ3) is 5.80. The molecule has 2 heterocycles. The number of hydrogen-bond acceptors (Lipinski definition) is 5. The first-order valence-electron chi connectivity index (χ1n) is 6.83. The molecule has 1 aliphatic heterocycles. The van der Waals surface area contributed by atoms with E-state index in [1.807, 2.05) is 20.8 Å². The molecule has 1 aromatic rings. The fourth-order valence-corrected chi connectivity index (χ4v) is 1.75. The summed E-state index contributed by atoms with van der Waals surface area (Å²) in [6.07, 6.45) is 3.24. The molecule has 0 atom stereocenters. The molecule has 2 rings (SSSR count). The molecule has 1 aliphatic rings. The number of nitrogens with zero attached hydrogens (tertiary/aromatic N) is 3. The van der Waals surface area contributed by atoms with E-state index in [1.54, 1.807) is 11.8 Å². The van der Waals surface area contributed by atoms with Gasteiger partial charge < -0.3 is 9.64 Å². The average Bonchev–Trinajstić information content (AvgIpc) is 2.97. The molecule has 1 amide bonds. The smallest absolute Gasteiger partial charge is 0.410 e. The lowest BCUT2D eigenvalue weighted by atomic mass is 10.2. The van der Waals surface area contributed by atoms with Crippen molar-refractivity contribution in [1.29, 1.82) is 0 Å². The van der Waals surface area contributed by atoms with E-state index >= 15 is 0 Å². The van der Waals surface area contributed by atoms with Crippen LogP contribution in [0.1, 0.15) is 39.3 Å². The van der Waals surface area contributed by atoms with Gasteiger partial charge in [0.2, 0.25) is 0 Å². The summed E-state index contributed by atoms with van der Waals surface area (Å²) in [7, 11) is 0. The van der Waals surface area contributed by atoms with E-state index in [4.69, 9.17) is 4.74 Å². The highest BCUT2D eigenvalue weighted by atomic mass is 16.6. The number of hydrogen-bond donors (Lipinski definition) is 1. The Kier molecular flexibility index (Phi) is 5.69. The maximum atomic E-state index is 11.4. The van der Waals surface area contributed by atoms with Crippen molar-refractivity contribution in [2.75, 3.05) is 13.1 Å². The number of carbonyl (C=O) groups is 1. The van der Waals surface area contributed by atoms with Crippen LogP contribution in [0.15, 0.2) is 6.20 Å². The highest BCUT2D eigenvalue weighted by molar-refractivity contribution is 5.68. The van der Waals surface area contributed by atoms with Gasteiger partial charge in [-0.2, -0.15) is 5.10 Å². The predicted molar refractivity (Wildman–Crippen MR) is 77.0 cm³/mol. The molecular formula is C13H22N4O4. The normalized spacial score (nSPS) is 14.4. The van der Waals surface area contributed by atoms with Gasteiger partial charge in [0, 0.05) is 13.1 Å². The molecule has 8 nitrogen and oxygen atoms in total. The minimum absolute atomic E-state index is 0.0370. The second-order valence-corrected chi connectivity index (χ2v) is 5.81. The first kappa shape index (κ1) is 16.9. The number of rotatable bonds is 1. The summed E-state index contributed by atoms with van der Waals surface area (Å²) >= 11 is 0. The molecule has 1 fully saturated rings. The second-order valence-electron chi connectivity index (χ2n) is 5.81. The van der Waals surface area contributed by atoms with Crippen molar-refractivity contribution in [3.05, 3.63) is 22.0 Å². The standard InChI is InChI=1S/C9H17NO2.C4H5N3O2/c1-9(2,3)12-8(11)10-6-4-5-7-10;1-3-4(7(8)9)2-5-6-3/h4-7H2,1-3H3;2H,1H3,(H,5,6). The number of ether oxygens (including phenoxy) is 1. The number of amides is 1. The van der Waals surface area contributed by atoms with Crippen LogP contribution in [0.3, 0.4) is 0 Å². The Hall–Kier alpha value is -2.12. The van der Waals surface area contributed by atoms with Crippen LogP contribution in [0.25, 0.3) is 0 Å². The average molecular weight is 298 g/mol. The molecule has 0 radical (unpaired) electrons. The molecule has 0 unspecified atom stereocenters. The molecule has 0 bridgehead atoms. The predicted octanol–water partition coefficient (Wildman–Crippen LogP) is 2.64. The van der Waals surface area contributed by atoms with Crippen LogP contribution in [0.4, 0.5) is 10.5 Å². The van der Waals surface area contributed by atoms with Crippen molar-refractivity contribution in [3.8, 4) is 0 Å². The van der Waals surface area contributed by atoms with E-state index in [0.29, 0.717) is 5.69 Å². The van der Waals surface area contributed by atoms with E-state index in [1.165, 1.54) is 6.20 Å². The molecule has 8 heteroatoms. The lowest BCUT2D eigenvalue weighted by Crippen LogP contribution is -2.34. The summed E-state index contributed by atoms with van der Waals surface area (Å²) in [6, 6.07) is 0. The molecule has 1 N–H and O–H groups in total. The first-order valence-corrected chi connectivity index (χ1v) is 6.83. The van der Waals surface area contributed by atoms with Gasteiger partial charge in [-0.1, -0.05) is 0 Å². The van der Waals surface area contributed by atoms with Gasteiger partial charge in [-0.15, -0.1) is 0 Å². The third-order valence-corrected chi connectivity index (χ3v) is 2.76. The minimum Gasteiger partial charge on any atom is -0.444 e. The highest BCUT2D eigenvalue weighted by Crippen LogP contribution is 2.14. The molecule has 0 saturated carbocycles. The van der Waals surface area contributed by atoms with Crippen LogP contribution in [-0.4, -0.2) is 44.8 Å². The summed E-state index contributed by atoms with van der Waals surface area (Å²) in [4.78, 5) is 22.7. The van der Waals surface area contributed by atoms with Gasteiger partial charge in [-0.25, -0.2) is 4.79 Å². The van der Waals surface area contributed by atoms with Crippen molar-refractivity contribution in [2.45, 2.75) is 46.1 Å². The van der Waals surface area contributed by atoms with Gasteiger partial charge in [0.15, 0.2) is 0 Å². The molecular weight excluding hydrogens is 276 g/mol. The van der Waals surface area contributed by atoms with Gasteiger partial charge in [-0.05, 0) is 40.5 Å². The second kappa shape index (κ2) is 7.05. The van der Waals surface area contributed by atoms with Gasteiger partial charge in [0.25, 0.3) is 0 Å². The van der Waals surface area contributed by atoms with Crippen molar-refractivity contribution < 1.29 is 14.5 Å². The third-order valence-electron chi connectivity index (χ3n) is 2.76. The monoisotopic (exact) mass is 298 g/mol. The maximum absolute atomic E-state index is 11.4. The Balaban J connectivity index is 0.000000219. The fourth-order valence-electron chi connectivity index (χ4n) is 1.75. The Morgan fingerprint density at radius 1 is 1.43 bits per heavy atom. The Morgan fingerprint density at radius 2 is 2.00 bits per heavy atom. The number of aromatic nitrogens is 2. The first-order chi connectivity index (χ1) is 9.70. The number of carbonyl (C=O) groups excluding carboxylic acids is 1. The molecule has 118 valence electrons. The molecule has 0 aliphatic carbocycles. The summed E-state index contributed by atoms with van der Waals surface area (Å²) in [5, 5.41) is 16.0. The van der Waals surface area contributed by atoms with Crippen LogP contribution >= 0.6 is 0 Å². The molecule has 0 spiro atoms. The number of H-pyrrole nitrogens is 1. The maximum Gasteiger partial charge on any atom is 0.410 e. The summed E-state index contributed by atoms with van der Waals surface area (Å²) in [6.45, 7) is 8.98. The van der Waals surface area contributed by atoms with Crippen molar-refractivity contribution in [3.63, 3.8) is 0 Å². The SMILES string of the molecule is CC(C)(C)OC(=O)N1CCCC1.Cc1[nH]ncc1[N+](=O)[O-]. The van der Waals surface area contributed by atoms with Crippen LogP contribution in [0.2, 0.25) is 0 Å². The van der Waals surface area contributed by atoms with E-state index in [2.05, 4.69) is 10.2 Å². The summed E-state index contributed by atoms with van der Waals surface area (Å²) in [5.74, 6) is 0. The lowest BCUT2D eigenvalue weighted by Gasteiger charge is -2.23. The quantitative estimate of drug-likeness (QED) is 0.634. The van der Waals surface area contributed by atoms with E-state index < -0.39 is 4.92 Å². The van der Waals surface area contributed by atoms with Crippen molar-refractivity contribution in [2.24, 2.45) is 0 Å². The highest BCUT2D eigenvalue weighted by Gasteiger charge is 2.23. The Labute approximate surface area is 123 Å². The molecule has 0 aromatic carbocycles. The van der Waals surface area contributed by atoms with E-state index in [9.17, 15) is 14.9 Å². The fraction of sp³-hybridized carbons (Fsp3) is 0.692. The number of nitrogens with one attached hydrogen (secondary N) is 1. The van der Waals surface area contributed by atoms with Gasteiger partial charge in [0.1, 0.15) is 17.5 Å². The zero-order valence-electron chi connectivity index (χ0n) is 12.9. The van der Waals surface area contributed by atoms with Gasteiger partial charge in [-0.3, -0.25) is 15.2 Å². The number of nitro groups is 1. The topological polar surface area (TPSA) is 101 Å². The lowest BCUT2D eigenvalue weighted by molar-refractivity contribution is -0.385. The number of likely N-dealkylation sites (tertiary alicyclic amines) is 1. The van der Waals surface area contributed by atoms with Gasteiger partial charge in [0.05, 0.1) is 4.92 Å². The zero-order valence-corrected chi connectivity index (χ0v) is 12.9. The molecule has 21 heavy (non-hydrogen) atoms. The molecule has 1 aromatic heterocycles. The Bertz CT molecular complexity index is 487. The largest absolute Gasteiger partial charge is 0.444 e. The van der Waals surface area contributed by atoms with Crippen molar-refractivity contribution in [1.82, 2.24) is 15.1 Å². The zero-order chi connectivity index (χ0) is 16.0.